The van der Waals surface area contributed by atoms with Crippen LogP contribution in [0.4, 0.5) is 0 Å². The average Bonchev–Trinajstić information content (AvgIpc) is 2.92. The van der Waals surface area contributed by atoms with Gasteiger partial charge in [-0.25, -0.2) is 13.2 Å². The number of rotatable bonds is 5. The Morgan fingerprint density at radius 1 is 1.14 bits per heavy atom. The zero-order chi connectivity index (χ0) is 20.6. The number of phenolic OH excluding ortho intramolecular Hbond substituents is 1. The molecule has 148 valence electrons. The SMILES string of the molecule is CCOC(=O)c1c(C)n(C)c2ccc(O)c(S(=O)(=O)c3ccc(OC)cc3)c12. The van der Waals surface area contributed by atoms with Crippen molar-refractivity contribution in [2.45, 2.75) is 23.6 Å². The molecule has 2 aromatic carbocycles. The van der Waals surface area contributed by atoms with Gasteiger partial charge in [-0.15, -0.1) is 0 Å². The number of nitrogens with zero attached hydrogens (tertiary/aromatic N) is 1. The highest BCUT2D eigenvalue weighted by Crippen LogP contribution is 2.39. The number of phenols is 1. The van der Waals surface area contributed by atoms with Crippen molar-refractivity contribution in [3.05, 3.63) is 47.7 Å². The van der Waals surface area contributed by atoms with E-state index >= 15 is 0 Å². The predicted molar refractivity (Wildman–Crippen MR) is 104 cm³/mol. The Hall–Kier alpha value is -3.00. The maximum atomic E-state index is 13.4. The summed E-state index contributed by atoms with van der Waals surface area (Å²) in [6.07, 6.45) is 0. The Balaban J connectivity index is 2.38. The lowest BCUT2D eigenvalue weighted by Gasteiger charge is -2.11. The number of aromatic hydroxyl groups is 1. The van der Waals surface area contributed by atoms with Crippen molar-refractivity contribution in [1.29, 1.82) is 0 Å². The van der Waals surface area contributed by atoms with E-state index in [1.165, 1.54) is 37.4 Å². The fourth-order valence-corrected chi connectivity index (χ4v) is 4.76. The molecular weight excluding hydrogens is 382 g/mol. The number of aromatic nitrogens is 1. The third-order valence-corrected chi connectivity index (χ3v) is 6.55. The van der Waals surface area contributed by atoms with Crippen LogP contribution in [0.25, 0.3) is 10.9 Å². The second kappa shape index (κ2) is 7.20. The van der Waals surface area contributed by atoms with Gasteiger partial charge in [0.2, 0.25) is 9.84 Å². The number of aryl methyl sites for hydroxylation is 1. The largest absolute Gasteiger partial charge is 0.507 e. The van der Waals surface area contributed by atoms with Gasteiger partial charge in [0.05, 0.1) is 29.7 Å². The van der Waals surface area contributed by atoms with Gasteiger partial charge < -0.3 is 19.1 Å². The van der Waals surface area contributed by atoms with Crippen molar-refractivity contribution < 1.29 is 27.8 Å². The van der Waals surface area contributed by atoms with Crippen molar-refractivity contribution in [3.8, 4) is 11.5 Å². The molecule has 0 atom stereocenters. The molecule has 0 saturated carbocycles. The number of benzene rings is 2. The zero-order valence-electron chi connectivity index (χ0n) is 16.0. The Bertz CT molecular complexity index is 1160. The normalized spacial score (nSPS) is 11.6. The molecule has 3 aromatic rings. The molecule has 28 heavy (non-hydrogen) atoms. The molecule has 0 saturated heterocycles. The van der Waals surface area contributed by atoms with E-state index in [-0.39, 0.29) is 27.3 Å². The number of ether oxygens (including phenoxy) is 2. The van der Waals surface area contributed by atoms with E-state index in [9.17, 15) is 18.3 Å². The molecule has 0 unspecified atom stereocenters. The minimum Gasteiger partial charge on any atom is -0.507 e. The van der Waals surface area contributed by atoms with Gasteiger partial charge in [0.25, 0.3) is 0 Å². The van der Waals surface area contributed by atoms with E-state index in [0.29, 0.717) is 17.0 Å². The summed E-state index contributed by atoms with van der Waals surface area (Å²) in [7, 11) is -0.918. The van der Waals surface area contributed by atoms with Gasteiger partial charge in [-0.05, 0) is 50.2 Å². The average molecular weight is 403 g/mol. The van der Waals surface area contributed by atoms with Gasteiger partial charge in [-0.1, -0.05) is 0 Å². The topological polar surface area (TPSA) is 94.8 Å². The molecule has 7 nitrogen and oxygen atoms in total. The molecule has 8 heteroatoms. The van der Waals surface area contributed by atoms with Crippen molar-refractivity contribution in [1.82, 2.24) is 4.57 Å². The lowest BCUT2D eigenvalue weighted by Crippen LogP contribution is -2.09. The number of esters is 1. The first-order valence-electron chi connectivity index (χ1n) is 8.61. The monoisotopic (exact) mass is 403 g/mol. The number of sulfone groups is 1. The lowest BCUT2D eigenvalue weighted by molar-refractivity contribution is 0.0527. The number of carbonyl (C=O) groups is 1. The summed E-state index contributed by atoms with van der Waals surface area (Å²) < 4.78 is 38.6. The fraction of sp³-hybridized carbons (Fsp3) is 0.250. The maximum Gasteiger partial charge on any atom is 0.340 e. The van der Waals surface area contributed by atoms with Crippen molar-refractivity contribution in [2.75, 3.05) is 13.7 Å². The summed E-state index contributed by atoms with van der Waals surface area (Å²) in [6.45, 7) is 3.52. The van der Waals surface area contributed by atoms with Crippen LogP contribution < -0.4 is 4.74 Å². The van der Waals surface area contributed by atoms with Crippen molar-refractivity contribution in [3.63, 3.8) is 0 Å². The minimum atomic E-state index is -4.12. The summed E-state index contributed by atoms with van der Waals surface area (Å²) in [5.41, 5.74) is 1.18. The smallest absolute Gasteiger partial charge is 0.340 e. The molecule has 0 aliphatic carbocycles. The van der Waals surface area contributed by atoms with E-state index in [1.54, 1.807) is 31.5 Å². The van der Waals surface area contributed by atoms with Gasteiger partial charge in [0.1, 0.15) is 16.4 Å². The van der Waals surface area contributed by atoms with Crippen molar-refractivity contribution in [2.24, 2.45) is 7.05 Å². The molecule has 1 heterocycles. The molecule has 3 rings (SSSR count). The second-order valence-corrected chi connectivity index (χ2v) is 8.11. The molecule has 1 aromatic heterocycles. The molecule has 0 amide bonds. The molecule has 0 fully saturated rings. The lowest BCUT2D eigenvalue weighted by atomic mass is 10.1. The van der Waals surface area contributed by atoms with E-state index < -0.39 is 21.6 Å². The van der Waals surface area contributed by atoms with Gasteiger partial charge >= 0.3 is 5.97 Å². The summed E-state index contributed by atoms with van der Waals surface area (Å²) in [4.78, 5) is 12.2. The summed E-state index contributed by atoms with van der Waals surface area (Å²) in [5.74, 6) is -0.564. The van der Waals surface area contributed by atoms with E-state index in [4.69, 9.17) is 9.47 Å². The highest BCUT2D eigenvalue weighted by molar-refractivity contribution is 7.91. The molecule has 0 spiro atoms. The summed E-state index contributed by atoms with van der Waals surface area (Å²) >= 11 is 0. The predicted octanol–water partition coefficient (Wildman–Crippen LogP) is 3.21. The van der Waals surface area contributed by atoms with Crippen LogP contribution in [0.1, 0.15) is 23.0 Å². The van der Waals surface area contributed by atoms with E-state index in [2.05, 4.69) is 0 Å². The van der Waals surface area contributed by atoms with Crippen LogP contribution in [-0.4, -0.2) is 37.8 Å². The Labute approximate surface area is 163 Å². The molecule has 0 aliphatic heterocycles. The second-order valence-electron chi connectivity index (χ2n) is 6.23. The third kappa shape index (κ3) is 2.99. The quantitative estimate of drug-likeness (QED) is 0.658. The highest BCUT2D eigenvalue weighted by Gasteiger charge is 2.31. The van der Waals surface area contributed by atoms with Crippen LogP contribution in [0.15, 0.2) is 46.2 Å². The third-order valence-electron chi connectivity index (χ3n) is 4.71. The van der Waals surface area contributed by atoms with Crippen LogP contribution in [-0.2, 0) is 21.6 Å². The number of methoxy groups -OCH3 is 1. The molecule has 1 N–H and O–H groups in total. The van der Waals surface area contributed by atoms with Gasteiger partial charge in [-0.2, -0.15) is 0 Å². The van der Waals surface area contributed by atoms with E-state index in [1.807, 2.05) is 0 Å². The van der Waals surface area contributed by atoms with Gasteiger partial charge in [0, 0.05) is 18.1 Å². The van der Waals surface area contributed by atoms with Crippen molar-refractivity contribution >= 4 is 26.7 Å². The van der Waals surface area contributed by atoms with Crippen LogP contribution in [0.2, 0.25) is 0 Å². The molecule has 0 radical (unpaired) electrons. The number of carbonyl (C=O) groups excluding carboxylic acids is 1. The first-order chi connectivity index (χ1) is 13.2. The first kappa shape index (κ1) is 19.8. The molecule has 0 bridgehead atoms. The number of fused-ring (bicyclic) bond motifs is 1. The Morgan fingerprint density at radius 3 is 2.36 bits per heavy atom. The minimum absolute atomic E-state index is 0.0209. The maximum absolute atomic E-state index is 13.4. The number of hydrogen-bond acceptors (Lipinski definition) is 6. The van der Waals surface area contributed by atoms with Crippen LogP contribution in [0.3, 0.4) is 0 Å². The first-order valence-corrected chi connectivity index (χ1v) is 10.1. The van der Waals surface area contributed by atoms with Crippen LogP contribution in [0, 0.1) is 6.92 Å². The van der Waals surface area contributed by atoms with Gasteiger partial charge in [0.15, 0.2) is 0 Å². The number of hydrogen-bond donors (Lipinski definition) is 1. The molecule has 0 aliphatic rings. The fourth-order valence-electron chi connectivity index (χ4n) is 3.21. The Kier molecular flexibility index (Phi) is 5.08. The molecular formula is C20H21NO6S. The standard InChI is InChI=1S/C20H21NO6S/c1-5-27-20(23)17-12(2)21(3)15-10-11-16(22)19(18(15)17)28(24,25)14-8-6-13(26-4)7-9-14/h6-11,22H,5H2,1-4H3. The van der Waals surface area contributed by atoms with E-state index in [0.717, 1.165) is 0 Å². The summed E-state index contributed by atoms with van der Waals surface area (Å²) in [5, 5.41) is 10.6. The Morgan fingerprint density at radius 2 is 1.79 bits per heavy atom. The van der Waals surface area contributed by atoms with Crippen LogP contribution in [0.5, 0.6) is 11.5 Å². The van der Waals surface area contributed by atoms with Gasteiger partial charge in [-0.3, -0.25) is 0 Å². The zero-order valence-corrected chi connectivity index (χ0v) is 16.8. The highest BCUT2D eigenvalue weighted by atomic mass is 32.2. The summed E-state index contributed by atoms with van der Waals surface area (Å²) in [6, 6.07) is 8.72. The van der Waals surface area contributed by atoms with Crippen LogP contribution >= 0.6 is 0 Å².